The van der Waals surface area contributed by atoms with Crippen molar-refractivity contribution in [3.8, 4) is 0 Å². The zero-order chi connectivity index (χ0) is 9.14. The Morgan fingerprint density at radius 2 is 2.42 bits per heavy atom. The number of hydrogen-bond donors (Lipinski definition) is 2. The van der Waals surface area contributed by atoms with Crippen LogP contribution in [0, 0.1) is 0 Å². The van der Waals surface area contributed by atoms with Crippen molar-refractivity contribution in [1.82, 2.24) is 10.2 Å². The maximum Gasteiger partial charge on any atom is 0.326 e. The van der Waals surface area contributed by atoms with E-state index in [0.717, 1.165) is 6.42 Å². The van der Waals surface area contributed by atoms with Crippen molar-refractivity contribution in [2.24, 2.45) is 0 Å². The number of carboxylic acid groups (broad SMARTS) is 1. The minimum atomic E-state index is -0.966. The van der Waals surface area contributed by atoms with Gasteiger partial charge in [0.2, 0.25) is 0 Å². The Labute approximate surface area is 70.4 Å². The fourth-order valence-electron chi connectivity index (χ4n) is 1.15. The van der Waals surface area contributed by atoms with Gasteiger partial charge in [-0.25, -0.2) is 9.59 Å². The summed E-state index contributed by atoms with van der Waals surface area (Å²) < 4.78 is 0. The summed E-state index contributed by atoms with van der Waals surface area (Å²) in [5.74, 6) is -0.966. The maximum absolute atomic E-state index is 11.1. The summed E-state index contributed by atoms with van der Waals surface area (Å²) in [6.07, 6.45) is 0.809. The second-order valence-electron chi connectivity index (χ2n) is 2.79. The van der Waals surface area contributed by atoms with Crippen LogP contribution in [0.1, 0.15) is 13.3 Å². The second-order valence-corrected chi connectivity index (χ2v) is 2.79. The van der Waals surface area contributed by atoms with E-state index in [9.17, 15) is 9.59 Å². The van der Waals surface area contributed by atoms with Crippen LogP contribution in [-0.2, 0) is 4.79 Å². The molecule has 1 aliphatic rings. The molecule has 0 aromatic rings. The number of nitrogens with zero attached hydrogens (tertiary/aromatic N) is 1. The van der Waals surface area contributed by atoms with Gasteiger partial charge in [-0.05, 0) is 13.3 Å². The summed E-state index contributed by atoms with van der Waals surface area (Å²) in [5.41, 5.74) is 0. The number of hydrogen-bond acceptors (Lipinski definition) is 2. The van der Waals surface area contributed by atoms with Crippen LogP contribution in [-0.4, -0.2) is 41.1 Å². The van der Waals surface area contributed by atoms with Crippen molar-refractivity contribution in [2.45, 2.75) is 19.4 Å². The molecule has 1 fully saturated rings. The first-order valence-corrected chi connectivity index (χ1v) is 3.90. The molecule has 5 heteroatoms. The molecule has 2 N–H and O–H groups in total. The summed E-state index contributed by atoms with van der Waals surface area (Å²) in [4.78, 5) is 22.9. The summed E-state index contributed by atoms with van der Waals surface area (Å²) in [6, 6.07) is -1.01. The van der Waals surface area contributed by atoms with Gasteiger partial charge in [0.05, 0.1) is 0 Å². The SMILES string of the molecule is CC(C(=O)O)N1CCCNC1=O. The zero-order valence-corrected chi connectivity index (χ0v) is 6.91. The molecule has 0 bridgehead atoms. The molecule has 0 radical (unpaired) electrons. The molecule has 0 aromatic carbocycles. The topological polar surface area (TPSA) is 69.6 Å². The Morgan fingerprint density at radius 1 is 1.75 bits per heavy atom. The molecule has 12 heavy (non-hydrogen) atoms. The number of nitrogens with one attached hydrogen (secondary N) is 1. The van der Waals surface area contributed by atoms with E-state index in [0.29, 0.717) is 13.1 Å². The highest BCUT2D eigenvalue weighted by Crippen LogP contribution is 2.04. The van der Waals surface area contributed by atoms with Crippen LogP contribution in [0.2, 0.25) is 0 Å². The largest absolute Gasteiger partial charge is 0.480 e. The van der Waals surface area contributed by atoms with Gasteiger partial charge in [-0.15, -0.1) is 0 Å². The summed E-state index contributed by atoms with van der Waals surface area (Å²) in [6.45, 7) is 2.67. The lowest BCUT2D eigenvalue weighted by atomic mass is 10.2. The molecule has 68 valence electrons. The average molecular weight is 172 g/mol. The van der Waals surface area contributed by atoms with Crippen LogP contribution in [0.15, 0.2) is 0 Å². The van der Waals surface area contributed by atoms with Gasteiger partial charge in [-0.1, -0.05) is 0 Å². The van der Waals surface area contributed by atoms with E-state index in [2.05, 4.69) is 5.32 Å². The van der Waals surface area contributed by atoms with Crippen molar-refractivity contribution < 1.29 is 14.7 Å². The maximum atomic E-state index is 11.1. The fourth-order valence-corrected chi connectivity index (χ4v) is 1.15. The number of carbonyl (C=O) groups is 2. The van der Waals surface area contributed by atoms with E-state index >= 15 is 0 Å². The lowest BCUT2D eigenvalue weighted by molar-refractivity contribution is -0.141. The minimum Gasteiger partial charge on any atom is -0.480 e. The van der Waals surface area contributed by atoms with Gasteiger partial charge in [-0.2, -0.15) is 0 Å². The highest BCUT2D eigenvalue weighted by Gasteiger charge is 2.26. The van der Waals surface area contributed by atoms with Crippen LogP contribution in [0.25, 0.3) is 0 Å². The molecule has 0 aromatic heterocycles. The molecule has 1 aliphatic heterocycles. The molecule has 5 nitrogen and oxygen atoms in total. The molecule has 1 unspecified atom stereocenters. The van der Waals surface area contributed by atoms with Crippen molar-refractivity contribution in [3.05, 3.63) is 0 Å². The molecule has 0 saturated carbocycles. The third-order valence-electron chi connectivity index (χ3n) is 1.94. The number of rotatable bonds is 2. The van der Waals surface area contributed by atoms with Crippen LogP contribution in [0.5, 0.6) is 0 Å². The van der Waals surface area contributed by atoms with Gasteiger partial charge < -0.3 is 15.3 Å². The van der Waals surface area contributed by atoms with Crippen LogP contribution < -0.4 is 5.32 Å². The van der Waals surface area contributed by atoms with Crippen LogP contribution in [0.4, 0.5) is 4.79 Å². The van der Waals surface area contributed by atoms with Crippen LogP contribution >= 0.6 is 0 Å². The van der Waals surface area contributed by atoms with Crippen molar-refractivity contribution >= 4 is 12.0 Å². The molecule has 1 rings (SSSR count). The Balaban J connectivity index is 2.59. The lowest BCUT2D eigenvalue weighted by Crippen LogP contribution is -2.52. The fraction of sp³-hybridized carbons (Fsp3) is 0.714. The third-order valence-corrected chi connectivity index (χ3v) is 1.94. The van der Waals surface area contributed by atoms with E-state index in [4.69, 9.17) is 5.11 Å². The quantitative estimate of drug-likeness (QED) is 0.609. The first-order valence-electron chi connectivity index (χ1n) is 3.90. The predicted molar refractivity (Wildman–Crippen MR) is 41.8 cm³/mol. The molecule has 0 spiro atoms. The summed E-state index contributed by atoms with van der Waals surface area (Å²) in [7, 11) is 0. The molecule has 1 heterocycles. The van der Waals surface area contributed by atoms with E-state index in [1.54, 1.807) is 0 Å². The molecule has 2 amide bonds. The summed E-state index contributed by atoms with van der Waals surface area (Å²) >= 11 is 0. The molecular weight excluding hydrogens is 160 g/mol. The first kappa shape index (κ1) is 8.83. The van der Waals surface area contributed by atoms with E-state index in [1.807, 2.05) is 0 Å². The van der Waals surface area contributed by atoms with Gasteiger partial charge in [0, 0.05) is 13.1 Å². The number of amides is 2. The first-order chi connectivity index (χ1) is 5.63. The normalized spacial score (nSPS) is 20.1. The number of carboxylic acids is 1. The van der Waals surface area contributed by atoms with E-state index < -0.39 is 12.0 Å². The standard InChI is InChI=1S/C7H12N2O3/c1-5(6(10)11)9-4-2-3-8-7(9)12/h5H,2-4H2,1H3,(H,8,12)(H,10,11). The molecular formula is C7H12N2O3. The number of carbonyl (C=O) groups excluding carboxylic acids is 1. The monoisotopic (exact) mass is 172 g/mol. The Morgan fingerprint density at radius 3 is 2.92 bits per heavy atom. The Hall–Kier alpha value is -1.26. The van der Waals surface area contributed by atoms with Gasteiger partial charge in [0.15, 0.2) is 0 Å². The van der Waals surface area contributed by atoms with Gasteiger partial charge >= 0.3 is 12.0 Å². The lowest BCUT2D eigenvalue weighted by Gasteiger charge is -2.30. The number of aliphatic carboxylic acids is 1. The van der Waals surface area contributed by atoms with E-state index in [1.165, 1.54) is 11.8 Å². The molecule has 1 atom stereocenters. The van der Waals surface area contributed by atoms with Crippen molar-refractivity contribution in [2.75, 3.05) is 13.1 Å². The van der Waals surface area contributed by atoms with Crippen molar-refractivity contribution in [1.29, 1.82) is 0 Å². The second kappa shape index (κ2) is 3.42. The minimum absolute atomic E-state index is 0.281. The third kappa shape index (κ3) is 1.66. The highest BCUT2D eigenvalue weighted by molar-refractivity contribution is 5.82. The predicted octanol–water partition coefficient (Wildman–Crippen LogP) is -0.125. The van der Waals surface area contributed by atoms with E-state index in [-0.39, 0.29) is 6.03 Å². The van der Waals surface area contributed by atoms with Gasteiger partial charge in [0.25, 0.3) is 0 Å². The zero-order valence-electron chi connectivity index (χ0n) is 6.91. The molecule has 0 aliphatic carbocycles. The van der Waals surface area contributed by atoms with Gasteiger partial charge in [-0.3, -0.25) is 0 Å². The van der Waals surface area contributed by atoms with Crippen LogP contribution in [0.3, 0.4) is 0 Å². The van der Waals surface area contributed by atoms with Crippen molar-refractivity contribution in [3.63, 3.8) is 0 Å². The smallest absolute Gasteiger partial charge is 0.326 e. The Kier molecular flexibility index (Phi) is 2.52. The highest BCUT2D eigenvalue weighted by atomic mass is 16.4. The summed E-state index contributed by atoms with van der Waals surface area (Å²) in [5, 5.41) is 11.2. The number of urea groups is 1. The Bertz CT molecular complexity index is 205. The average Bonchev–Trinajstić information content (AvgIpc) is 2.04. The molecule has 1 saturated heterocycles. The van der Waals surface area contributed by atoms with Gasteiger partial charge in [0.1, 0.15) is 6.04 Å².